The van der Waals surface area contributed by atoms with Crippen LogP contribution in [0.25, 0.3) is 12.3 Å². The van der Waals surface area contributed by atoms with Gasteiger partial charge in [0.05, 0.1) is 0 Å². The molecule has 3 rings (SSSR count). The van der Waals surface area contributed by atoms with Crippen molar-refractivity contribution in [2.75, 3.05) is 31.9 Å². The molecule has 1 aromatic rings. The number of halogens is 3. The third-order valence-corrected chi connectivity index (χ3v) is 7.13. The fourth-order valence-electron chi connectivity index (χ4n) is 4.50. The van der Waals surface area contributed by atoms with E-state index < -0.39 is 11.1 Å². The third-order valence-electron chi connectivity index (χ3n) is 6.39. The van der Waals surface area contributed by atoms with E-state index in [1.807, 2.05) is 33.8 Å². The number of hydrogen-bond acceptors (Lipinski definition) is 5. The number of alkyl halides is 3. The van der Waals surface area contributed by atoms with E-state index in [1.165, 1.54) is 0 Å². The SMILES string of the molecule is Cc1c(C(=O)NCCSC(F)(F)F)ccc2c1=CN(C[C@@H]1CCN(C(=O)OC(C)(C)C)C1)C(C)CC=2. The van der Waals surface area contributed by atoms with Crippen molar-refractivity contribution in [1.29, 1.82) is 0 Å². The molecule has 1 unspecified atom stereocenters. The summed E-state index contributed by atoms with van der Waals surface area (Å²) in [6.45, 7) is 11.6. The summed E-state index contributed by atoms with van der Waals surface area (Å²) in [6.07, 6.45) is 5.70. The molecule has 36 heavy (non-hydrogen) atoms. The summed E-state index contributed by atoms with van der Waals surface area (Å²) in [7, 11) is 0. The molecule has 0 spiro atoms. The highest BCUT2D eigenvalue weighted by Gasteiger charge is 2.31. The average molecular weight is 528 g/mol. The van der Waals surface area contributed by atoms with Gasteiger partial charge in [0.25, 0.3) is 5.91 Å². The van der Waals surface area contributed by atoms with E-state index in [2.05, 4.69) is 29.4 Å². The summed E-state index contributed by atoms with van der Waals surface area (Å²) in [5.74, 6) is -0.304. The summed E-state index contributed by atoms with van der Waals surface area (Å²) in [6, 6.07) is 3.87. The first-order chi connectivity index (χ1) is 16.7. The van der Waals surface area contributed by atoms with Crippen LogP contribution >= 0.6 is 11.8 Å². The van der Waals surface area contributed by atoms with Crippen molar-refractivity contribution in [1.82, 2.24) is 15.1 Å². The highest BCUT2D eigenvalue weighted by Crippen LogP contribution is 2.29. The van der Waals surface area contributed by atoms with Crippen molar-refractivity contribution in [3.8, 4) is 0 Å². The highest BCUT2D eigenvalue weighted by molar-refractivity contribution is 8.00. The molecule has 0 radical (unpaired) electrons. The van der Waals surface area contributed by atoms with Crippen molar-refractivity contribution >= 4 is 36.0 Å². The van der Waals surface area contributed by atoms with Crippen LogP contribution in [0.1, 0.15) is 56.5 Å². The first-order valence-corrected chi connectivity index (χ1v) is 13.3. The van der Waals surface area contributed by atoms with Gasteiger partial charge < -0.3 is 19.9 Å². The van der Waals surface area contributed by atoms with Gasteiger partial charge in [-0.2, -0.15) is 13.2 Å². The minimum Gasteiger partial charge on any atom is -0.444 e. The van der Waals surface area contributed by atoms with Gasteiger partial charge in [0, 0.05) is 55.0 Å². The highest BCUT2D eigenvalue weighted by atomic mass is 32.2. The van der Waals surface area contributed by atoms with Gasteiger partial charge in [-0.3, -0.25) is 4.79 Å². The smallest absolute Gasteiger partial charge is 0.441 e. The van der Waals surface area contributed by atoms with Gasteiger partial charge in [0.2, 0.25) is 0 Å². The average Bonchev–Trinajstić information content (AvgIpc) is 3.16. The number of amides is 2. The van der Waals surface area contributed by atoms with E-state index in [0.717, 1.165) is 35.4 Å². The van der Waals surface area contributed by atoms with Gasteiger partial charge in [-0.25, -0.2) is 4.79 Å². The van der Waals surface area contributed by atoms with Crippen LogP contribution < -0.4 is 15.8 Å². The zero-order chi connectivity index (χ0) is 26.7. The number of rotatable bonds is 6. The lowest BCUT2D eigenvalue weighted by Crippen LogP contribution is -2.38. The topological polar surface area (TPSA) is 61.9 Å². The molecule has 1 saturated heterocycles. The van der Waals surface area contributed by atoms with Gasteiger partial charge in [-0.15, -0.1) is 0 Å². The molecule has 200 valence electrons. The molecule has 0 bridgehead atoms. The molecule has 0 saturated carbocycles. The molecular weight excluding hydrogens is 491 g/mol. The summed E-state index contributed by atoms with van der Waals surface area (Å²) in [4.78, 5) is 29.2. The van der Waals surface area contributed by atoms with Crippen molar-refractivity contribution in [3.63, 3.8) is 0 Å². The number of likely N-dealkylation sites (tertiary alicyclic amines) is 1. The van der Waals surface area contributed by atoms with E-state index in [0.29, 0.717) is 24.6 Å². The van der Waals surface area contributed by atoms with E-state index in [9.17, 15) is 22.8 Å². The van der Waals surface area contributed by atoms with Crippen LogP contribution in [0.2, 0.25) is 0 Å². The molecule has 1 N–H and O–H groups in total. The zero-order valence-corrected chi connectivity index (χ0v) is 22.4. The molecule has 2 heterocycles. The second-order valence-electron chi connectivity index (χ2n) is 10.5. The Bertz CT molecular complexity index is 1080. The van der Waals surface area contributed by atoms with E-state index >= 15 is 0 Å². The maximum Gasteiger partial charge on any atom is 0.441 e. The van der Waals surface area contributed by atoms with Crippen molar-refractivity contribution in [3.05, 3.63) is 33.7 Å². The fourth-order valence-corrected chi connectivity index (χ4v) is 4.94. The van der Waals surface area contributed by atoms with Crippen LogP contribution in [0, 0.1) is 12.8 Å². The summed E-state index contributed by atoms with van der Waals surface area (Å²) in [5.41, 5.74) is -3.58. The quantitative estimate of drug-likeness (QED) is 0.570. The Labute approximate surface area is 214 Å². The lowest BCUT2D eigenvalue weighted by atomic mass is 10.0. The number of nitrogens with one attached hydrogen (secondary N) is 1. The van der Waals surface area contributed by atoms with Gasteiger partial charge in [0.15, 0.2) is 0 Å². The molecule has 2 atom stereocenters. The molecule has 1 aromatic carbocycles. The molecule has 1 fully saturated rings. The van der Waals surface area contributed by atoms with E-state index in [1.54, 1.807) is 11.0 Å². The summed E-state index contributed by atoms with van der Waals surface area (Å²) in [5, 5.41) is 4.58. The Morgan fingerprint density at radius 3 is 2.61 bits per heavy atom. The Balaban J connectivity index is 1.72. The van der Waals surface area contributed by atoms with Crippen LogP contribution in [0.4, 0.5) is 18.0 Å². The number of hydrogen-bond donors (Lipinski definition) is 1. The first kappa shape index (κ1) is 28.2. The van der Waals surface area contributed by atoms with Crippen LogP contribution in [0.5, 0.6) is 0 Å². The number of carbonyl (C=O) groups excluding carboxylic acids is 2. The number of ether oxygens (including phenoxy) is 1. The van der Waals surface area contributed by atoms with Crippen molar-refractivity contribution < 1.29 is 27.5 Å². The van der Waals surface area contributed by atoms with Crippen LogP contribution in [-0.4, -0.2) is 70.9 Å². The van der Waals surface area contributed by atoms with Gasteiger partial charge in [-0.1, -0.05) is 12.1 Å². The molecule has 0 aromatic heterocycles. The number of thioether (sulfide) groups is 1. The number of benzene rings is 1. The fraction of sp³-hybridized carbons (Fsp3) is 0.615. The van der Waals surface area contributed by atoms with E-state index in [4.69, 9.17) is 4.74 Å². The number of carbonyl (C=O) groups is 2. The second kappa shape index (κ2) is 11.4. The van der Waals surface area contributed by atoms with Crippen LogP contribution in [0.3, 0.4) is 0 Å². The minimum atomic E-state index is -4.31. The maximum absolute atomic E-state index is 12.7. The lowest BCUT2D eigenvalue weighted by Gasteiger charge is -2.29. The molecular formula is C26H36F3N3O3S. The predicted molar refractivity (Wildman–Crippen MR) is 137 cm³/mol. The zero-order valence-electron chi connectivity index (χ0n) is 21.6. The monoisotopic (exact) mass is 527 g/mol. The Morgan fingerprint density at radius 1 is 1.22 bits per heavy atom. The number of nitrogens with zero attached hydrogens (tertiary/aromatic N) is 2. The van der Waals surface area contributed by atoms with Gasteiger partial charge >= 0.3 is 11.6 Å². The van der Waals surface area contributed by atoms with Crippen LogP contribution in [0.15, 0.2) is 12.1 Å². The first-order valence-electron chi connectivity index (χ1n) is 12.3. The Hall–Kier alpha value is -2.36. The summed E-state index contributed by atoms with van der Waals surface area (Å²) < 4.78 is 42.6. The minimum absolute atomic E-state index is 0.0611. The molecule has 2 amide bonds. The second-order valence-corrected chi connectivity index (χ2v) is 11.6. The summed E-state index contributed by atoms with van der Waals surface area (Å²) >= 11 is -0.145. The molecule has 6 nitrogen and oxygen atoms in total. The maximum atomic E-state index is 12.7. The Kier molecular flexibility index (Phi) is 8.90. The van der Waals surface area contributed by atoms with Crippen LogP contribution in [-0.2, 0) is 4.74 Å². The largest absolute Gasteiger partial charge is 0.444 e. The molecule has 0 aliphatic carbocycles. The molecule has 10 heteroatoms. The molecule has 2 aliphatic heterocycles. The van der Waals surface area contributed by atoms with Crippen molar-refractivity contribution in [2.45, 2.75) is 64.6 Å². The predicted octanol–water partition coefficient (Wildman–Crippen LogP) is 3.85. The Morgan fingerprint density at radius 2 is 1.94 bits per heavy atom. The number of fused-ring (bicyclic) bond motifs is 1. The normalized spacial score (nSPS) is 20.2. The third kappa shape index (κ3) is 7.82. The van der Waals surface area contributed by atoms with E-state index in [-0.39, 0.29) is 42.1 Å². The standard InChI is InChI=1S/C26H36F3N3O3S/c1-17-6-7-20-8-9-21(23(33)30-11-13-36-26(27,28)29)18(2)22(20)16-32(17)15-19-10-12-31(14-19)24(34)35-25(3,4)5/h7-9,16-17,19H,6,10-15H2,1-5H3,(H,30,33)/t17?,19-/m1/s1. The lowest BCUT2D eigenvalue weighted by molar-refractivity contribution is -0.0327. The van der Waals surface area contributed by atoms with Crippen molar-refractivity contribution in [2.24, 2.45) is 5.92 Å². The van der Waals surface area contributed by atoms with Gasteiger partial charge in [-0.05, 0) is 82.0 Å². The van der Waals surface area contributed by atoms with Gasteiger partial charge in [0.1, 0.15) is 5.60 Å². The molecule has 2 aliphatic rings.